The van der Waals surface area contributed by atoms with Crippen LogP contribution in [0.1, 0.15) is 40.7 Å². The first-order valence-corrected chi connectivity index (χ1v) is 9.16. The van der Waals surface area contributed by atoms with E-state index in [1.165, 1.54) is 18.2 Å². The minimum atomic E-state index is -4.59. The van der Waals surface area contributed by atoms with Crippen molar-refractivity contribution in [3.8, 4) is 5.75 Å². The van der Waals surface area contributed by atoms with Gasteiger partial charge in [0.25, 0.3) is 0 Å². The molecule has 2 aliphatic heterocycles. The Morgan fingerprint density at radius 3 is 2.43 bits per heavy atom. The second kappa shape index (κ2) is 6.88. The molecule has 0 saturated carbocycles. The Kier molecular flexibility index (Phi) is 4.65. The van der Waals surface area contributed by atoms with Crippen LogP contribution in [0.15, 0.2) is 42.5 Å². The number of ether oxygens (including phenoxy) is 1. The van der Waals surface area contributed by atoms with Crippen molar-refractivity contribution in [1.82, 2.24) is 4.90 Å². The Morgan fingerprint density at radius 1 is 1.04 bits per heavy atom. The lowest BCUT2D eigenvalue weighted by Crippen LogP contribution is -2.51. The van der Waals surface area contributed by atoms with Gasteiger partial charge in [0.15, 0.2) is 5.78 Å². The third-order valence-corrected chi connectivity index (χ3v) is 5.54. The van der Waals surface area contributed by atoms with E-state index in [1.807, 2.05) is 4.90 Å². The third-order valence-electron chi connectivity index (χ3n) is 5.54. The number of hydrogen-bond donors (Lipinski definition) is 0. The number of carbonyl (C=O) groups is 1. The summed E-state index contributed by atoms with van der Waals surface area (Å²) in [6.45, 7) is 1.46. The Balaban J connectivity index is 1.53. The summed E-state index contributed by atoms with van der Waals surface area (Å²) in [6, 6.07) is 10.1. The lowest BCUT2D eigenvalue weighted by molar-refractivity contribution is -0.140. The van der Waals surface area contributed by atoms with Gasteiger partial charge >= 0.3 is 6.18 Å². The molecule has 2 aromatic rings. The van der Waals surface area contributed by atoms with E-state index in [4.69, 9.17) is 4.74 Å². The number of alkyl halides is 3. The number of piperidine rings is 1. The van der Waals surface area contributed by atoms with Crippen LogP contribution in [0, 0.1) is 5.82 Å². The van der Waals surface area contributed by atoms with Gasteiger partial charge in [-0.15, -0.1) is 0 Å². The van der Waals surface area contributed by atoms with Crippen molar-refractivity contribution in [2.24, 2.45) is 0 Å². The van der Waals surface area contributed by atoms with E-state index in [9.17, 15) is 22.4 Å². The standard InChI is InChI=1S/C21H19F4NO2/c22-17-7-2-1-4-14(17)13-26-10-8-20(9-11-26)12-18(27)15-5-3-6-16(19(15)28-20)21(23,24)25/h1-7H,8-13H2. The summed E-state index contributed by atoms with van der Waals surface area (Å²) in [5.41, 5.74) is -1.28. The molecule has 1 saturated heterocycles. The third kappa shape index (κ3) is 3.51. The minimum Gasteiger partial charge on any atom is -0.485 e. The number of carbonyl (C=O) groups excluding carboxylic acids is 1. The first-order valence-electron chi connectivity index (χ1n) is 9.16. The molecule has 0 N–H and O–H groups in total. The fraction of sp³-hybridized carbons (Fsp3) is 0.381. The van der Waals surface area contributed by atoms with Crippen molar-refractivity contribution in [3.05, 3.63) is 65.0 Å². The summed E-state index contributed by atoms with van der Waals surface area (Å²) in [4.78, 5) is 14.6. The zero-order chi connectivity index (χ0) is 19.9. The van der Waals surface area contributed by atoms with Crippen LogP contribution < -0.4 is 4.74 Å². The Labute approximate surface area is 159 Å². The molecule has 2 heterocycles. The van der Waals surface area contributed by atoms with Gasteiger partial charge in [0.05, 0.1) is 17.5 Å². The molecule has 1 fully saturated rings. The van der Waals surface area contributed by atoms with Crippen LogP contribution in [0.3, 0.4) is 0 Å². The second-order valence-corrected chi connectivity index (χ2v) is 7.43. The zero-order valence-electron chi connectivity index (χ0n) is 15.1. The molecule has 1 spiro atoms. The number of ketones is 1. The van der Waals surface area contributed by atoms with Crippen molar-refractivity contribution in [2.45, 2.75) is 37.6 Å². The summed E-state index contributed by atoms with van der Waals surface area (Å²) in [5, 5.41) is 0. The molecule has 4 rings (SSSR count). The molecule has 2 aliphatic rings. The molecule has 0 unspecified atom stereocenters. The summed E-state index contributed by atoms with van der Waals surface area (Å²) >= 11 is 0. The van der Waals surface area contributed by atoms with E-state index in [2.05, 4.69) is 0 Å². The van der Waals surface area contributed by atoms with Gasteiger partial charge in [-0.1, -0.05) is 24.3 Å². The van der Waals surface area contributed by atoms with Gasteiger partial charge in [-0.25, -0.2) is 4.39 Å². The Hall–Kier alpha value is -2.41. The molecular formula is C21H19F4NO2. The Bertz CT molecular complexity index is 902. The average Bonchev–Trinajstić information content (AvgIpc) is 2.64. The van der Waals surface area contributed by atoms with Gasteiger partial charge in [-0.3, -0.25) is 9.69 Å². The molecule has 0 radical (unpaired) electrons. The summed E-state index contributed by atoms with van der Waals surface area (Å²) in [6.07, 6.45) is -3.69. The fourth-order valence-electron chi connectivity index (χ4n) is 4.00. The quantitative estimate of drug-likeness (QED) is 0.684. The Morgan fingerprint density at radius 2 is 1.75 bits per heavy atom. The van der Waals surface area contributed by atoms with Gasteiger partial charge in [-0.2, -0.15) is 13.2 Å². The predicted octanol–water partition coefficient (Wildman–Crippen LogP) is 4.84. The number of hydrogen-bond acceptors (Lipinski definition) is 3. The number of halogens is 4. The normalized spacial score (nSPS) is 19.4. The van der Waals surface area contributed by atoms with E-state index in [0.717, 1.165) is 6.07 Å². The van der Waals surface area contributed by atoms with Crippen LogP contribution in [0.25, 0.3) is 0 Å². The van der Waals surface area contributed by atoms with Crippen LogP contribution >= 0.6 is 0 Å². The maximum absolute atomic E-state index is 13.9. The molecule has 28 heavy (non-hydrogen) atoms. The molecule has 148 valence electrons. The van der Waals surface area contributed by atoms with Crippen LogP contribution in [0.5, 0.6) is 5.75 Å². The smallest absolute Gasteiger partial charge is 0.419 e. The topological polar surface area (TPSA) is 29.5 Å². The van der Waals surface area contributed by atoms with Gasteiger partial charge in [0.2, 0.25) is 0 Å². The van der Waals surface area contributed by atoms with Crippen LogP contribution in [-0.2, 0) is 12.7 Å². The highest BCUT2D eigenvalue weighted by Gasteiger charge is 2.46. The average molecular weight is 393 g/mol. The lowest BCUT2D eigenvalue weighted by atomic mass is 9.81. The SMILES string of the molecule is O=C1CC2(CCN(Cc3ccccc3F)CC2)Oc2c1cccc2C(F)(F)F. The van der Waals surface area contributed by atoms with Crippen molar-refractivity contribution in [3.63, 3.8) is 0 Å². The molecule has 0 atom stereocenters. The molecule has 0 bridgehead atoms. The first-order chi connectivity index (χ1) is 13.3. The number of para-hydroxylation sites is 1. The number of benzene rings is 2. The van der Waals surface area contributed by atoms with E-state index < -0.39 is 17.3 Å². The van der Waals surface area contributed by atoms with Crippen LogP contribution in [-0.4, -0.2) is 29.4 Å². The zero-order valence-corrected chi connectivity index (χ0v) is 15.1. The number of Topliss-reactive ketones (excluding diaryl/α,β-unsaturated/α-hetero) is 1. The van der Waals surface area contributed by atoms with Crippen molar-refractivity contribution >= 4 is 5.78 Å². The van der Waals surface area contributed by atoms with Gasteiger partial charge < -0.3 is 4.74 Å². The number of nitrogens with zero attached hydrogens (tertiary/aromatic N) is 1. The molecule has 7 heteroatoms. The van der Waals surface area contributed by atoms with Crippen LogP contribution in [0.2, 0.25) is 0 Å². The van der Waals surface area contributed by atoms with Crippen LogP contribution in [0.4, 0.5) is 17.6 Å². The fourth-order valence-corrected chi connectivity index (χ4v) is 4.00. The largest absolute Gasteiger partial charge is 0.485 e. The van der Waals surface area contributed by atoms with Crippen molar-refractivity contribution in [1.29, 1.82) is 0 Å². The van der Waals surface area contributed by atoms with Gasteiger partial charge in [0.1, 0.15) is 17.2 Å². The molecule has 0 aromatic heterocycles. The lowest BCUT2D eigenvalue weighted by Gasteiger charge is -2.44. The summed E-state index contributed by atoms with van der Waals surface area (Å²) in [5.74, 6) is -0.959. The van der Waals surface area contributed by atoms with E-state index in [1.54, 1.807) is 18.2 Å². The number of rotatable bonds is 2. The number of likely N-dealkylation sites (tertiary alicyclic amines) is 1. The molecule has 3 nitrogen and oxygen atoms in total. The summed E-state index contributed by atoms with van der Waals surface area (Å²) in [7, 11) is 0. The number of fused-ring (bicyclic) bond motifs is 1. The highest BCUT2D eigenvalue weighted by atomic mass is 19.4. The van der Waals surface area contributed by atoms with E-state index >= 15 is 0 Å². The summed E-state index contributed by atoms with van der Waals surface area (Å²) < 4.78 is 59.8. The molecule has 2 aromatic carbocycles. The predicted molar refractivity (Wildman–Crippen MR) is 94.7 cm³/mol. The second-order valence-electron chi connectivity index (χ2n) is 7.43. The molecular weight excluding hydrogens is 374 g/mol. The van der Waals surface area contributed by atoms with Gasteiger partial charge in [0, 0.05) is 38.0 Å². The first kappa shape index (κ1) is 18.9. The maximum atomic E-state index is 13.9. The van der Waals surface area contributed by atoms with Crippen molar-refractivity contribution in [2.75, 3.05) is 13.1 Å². The van der Waals surface area contributed by atoms with E-state index in [-0.39, 0.29) is 29.3 Å². The maximum Gasteiger partial charge on any atom is 0.419 e. The minimum absolute atomic E-state index is 0.00534. The molecule has 0 aliphatic carbocycles. The highest BCUT2D eigenvalue weighted by Crippen LogP contribution is 2.45. The van der Waals surface area contributed by atoms with Gasteiger partial charge in [-0.05, 0) is 18.2 Å². The molecule has 0 amide bonds. The van der Waals surface area contributed by atoms with E-state index in [0.29, 0.717) is 38.0 Å². The monoisotopic (exact) mass is 393 g/mol. The highest BCUT2D eigenvalue weighted by molar-refractivity contribution is 6.00. The van der Waals surface area contributed by atoms with Crippen molar-refractivity contribution < 1.29 is 27.1 Å².